The Morgan fingerprint density at radius 2 is 2.26 bits per heavy atom. The summed E-state index contributed by atoms with van der Waals surface area (Å²) < 4.78 is 23.6. The van der Waals surface area contributed by atoms with E-state index in [-0.39, 0.29) is 17.9 Å². The van der Waals surface area contributed by atoms with E-state index in [0.717, 1.165) is 0 Å². The second-order valence-corrected chi connectivity index (χ2v) is 6.00. The first-order chi connectivity index (χ1) is 8.93. The Balaban J connectivity index is 2.28. The van der Waals surface area contributed by atoms with Gasteiger partial charge in [-0.3, -0.25) is 4.72 Å². The zero-order chi connectivity index (χ0) is 14.0. The molecule has 0 aromatic heterocycles. The van der Waals surface area contributed by atoms with Gasteiger partial charge < -0.3 is 15.6 Å². The van der Waals surface area contributed by atoms with Crippen molar-refractivity contribution in [3.8, 4) is 5.75 Å². The fourth-order valence-electron chi connectivity index (χ4n) is 1.57. The molecule has 7 heteroatoms. The van der Waals surface area contributed by atoms with Crippen LogP contribution in [0.5, 0.6) is 5.75 Å². The lowest BCUT2D eigenvalue weighted by atomic mass is 9.96. The Morgan fingerprint density at radius 3 is 2.95 bits per heavy atom. The monoisotopic (exact) mass is 283 g/mol. The summed E-state index contributed by atoms with van der Waals surface area (Å²) in [4.78, 5) is 0. The van der Waals surface area contributed by atoms with E-state index in [4.69, 9.17) is 10.5 Å². The Kier molecular flexibility index (Phi) is 3.77. The van der Waals surface area contributed by atoms with Crippen LogP contribution in [0.2, 0.25) is 0 Å². The van der Waals surface area contributed by atoms with Gasteiger partial charge in [-0.05, 0) is 12.1 Å². The van der Waals surface area contributed by atoms with Crippen LogP contribution in [0, 0.1) is 5.41 Å². The van der Waals surface area contributed by atoms with E-state index in [0.29, 0.717) is 23.6 Å². The number of ether oxygens (including phenoxy) is 1. The number of anilines is 1. The second-order valence-electron chi connectivity index (χ2n) is 5.12. The van der Waals surface area contributed by atoms with Crippen molar-refractivity contribution in [2.75, 3.05) is 17.9 Å². The number of hydrogen-bond acceptors (Lipinski definition) is 4. The number of hydrogen-bond donors (Lipinski definition) is 3. The molecular formula is C12H17N3O3S. The molecule has 1 atom stereocenters. The molecule has 1 aliphatic heterocycles. The summed E-state index contributed by atoms with van der Waals surface area (Å²) >= 11 is -1.55. The number of rotatable bonds is 4. The van der Waals surface area contributed by atoms with Crippen molar-refractivity contribution in [1.82, 2.24) is 0 Å². The lowest BCUT2D eigenvalue weighted by molar-refractivity contribution is 0.0975. The number of benzene rings is 1. The molecule has 0 saturated carbocycles. The first kappa shape index (κ1) is 13.8. The smallest absolute Gasteiger partial charge is 0.245 e. The van der Waals surface area contributed by atoms with E-state index in [2.05, 4.69) is 9.12 Å². The van der Waals surface area contributed by atoms with Gasteiger partial charge in [0.1, 0.15) is 11.6 Å². The minimum absolute atomic E-state index is 0.0217. The molecule has 4 N–H and O–H groups in total. The first-order valence-corrected chi connectivity index (χ1v) is 6.93. The average molecular weight is 283 g/mol. The van der Waals surface area contributed by atoms with Crippen LogP contribution in [0.25, 0.3) is 0 Å². The molecule has 1 heterocycles. The van der Waals surface area contributed by atoms with Crippen LogP contribution >= 0.6 is 0 Å². The van der Waals surface area contributed by atoms with E-state index in [1.165, 1.54) is 0 Å². The average Bonchev–Trinajstić information content (AvgIpc) is 2.35. The molecule has 104 valence electrons. The maximum atomic E-state index is 11.4. The topological polar surface area (TPSA) is 96.9 Å². The Labute approximate surface area is 114 Å². The number of aliphatic hydroxyl groups excluding tert-OH is 1. The molecule has 0 aliphatic carbocycles. The molecule has 2 rings (SSSR count). The SMILES string of the molecule is CC(C)(CO)COc1cccc2c1C(N)=NS(=O)N2. The van der Waals surface area contributed by atoms with Crippen LogP contribution in [-0.4, -0.2) is 28.4 Å². The lowest BCUT2D eigenvalue weighted by Gasteiger charge is -2.24. The van der Waals surface area contributed by atoms with Gasteiger partial charge in [0.15, 0.2) is 0 Å². The highest BCUT2D eigenvalue weighted by Gasteiger charge is 2.22. The van der Waals surface area contributed by atoms with Crippen LogP contribution in [0.15, 0.2) is 22.6 Å². The highest BCUT2D eigenvalue weighted by atomic mass is 32.2. The summed E-state index contributed by atoms with van der Waals surface area (Å²) in [5.74, 6) is 0.744. The van der Waals surface area contributed by atoms with Gasteiger partial charge in [0, 0.05) is 5.41 Å². The molecule has 0 amide bonds. The van der Waals surface area contributed by atoms with Crippen molar-refractivity contribution < 1.29 is 14.1 Å². The van der Waals surface area contributed by atoms with Crippen LogP contribution in [0.1, 0.15) is 19.4 Å². The van der Waals surface area contributed by atoms with Gasteiger partial charge >= 0.3 is 0 Å². The minimum atomic E-state index is -1.55. The third-order valence-electron chi connectivity index (χ3n) is 2.71. The van der Waals surface area contributed by atoms with E-state index < -0.39 is 11.2 Å². The molecule has 0 radical (unpaired) electrons. The Bertz CT molecular complexity index is 543. The van der Waals surface area contributed by atoms with Crippen molar-refractivity contribution in [3.05, 3.63) is 23.8 Å². The highest BCUT2D eigenvalue weighted by molar-refractivity contribution is 7.85. The normalized spacial score (nSPS) is 18.3. The molecule has 1 aromatic carbocycles. The molecule has 0 bridgehead atoms. The number of aliphatic hydroxyl groups is 1. The van der Waals surface area contributed by atoms with Crippen molar-refractivity contribution in [3.63, 3.8) is 0 Å². The molecule has 1 aromatic rings. The summed E-state index contributed by atoms with van der Waals surface area (Å²) in [5, 5.41) is 9.22. The van der Waals surface area contributed by atoms with E-state index in [9.17, 15) is 9.32 Å². The first-order valence-electron chi connectivity index (χ1n) is 5.83. The molecule has 19 heavy (non-hydrogen) atoms. The number of fused-ring (bicyclic) bond motifs is 1. The second kappa shape index (κ2) is 5.18. The summed E-state index contributed by atoms with van der Waals surface area (Å²) in [7, 11) is 0. The van der Waals surface area contributed by atoms with E-state index >= 15 is 0 Å². The molecular weight excluding hydrogens is 266 g/mol. The van der Waals surface area contributed by atoms with Gasteiger partial charge in [-0.15, -0.1) is 0 Å². The summed E-state index contributed by atoms with van der Waals surface area (Å²) in [6.45, 7) is 4.16. The van der Waals surface area contributed by atoms with Gasteiger partial charge in [-0.25, -0.2) is 4.21 Å². The van der Waals surface area contributed by atoms with Crippen LogP contribution in [0.3, 0.4) is 0 Å². The van der Waals surface area contributed by atoms with Crippen molar-refractivity contribution in [2.24, 2.45) is 15.5 Å². The zero-order valence-electron chi connectivity index (χ0n) is 10.8. The summed E-state index contributed by atoms with van der Waals surface area (Å²) in [6.07, 6.45) is 0. The van der Waals surface area contributed by atoms with Gasteiger partial charge in [0.2, 0.25) is 11.2 Å². The molecule has 6 nitrogen and oxygen atoms in total. The van der Waals surface area contributed by atoms with E-state index in [1.807, 2.05) is 13.8 Å². The largest absolute Gasteiger partial charge is 0.492 e. The predicted octanol–water partition coefficient (Wildman–Crippen LogP) is 0.793. The molecule has 0 saturated heterocycles. The van der Waals surface area contributed by atoms with Gasteiger partial charge in [0.05, 0.1) is 24.5 Å². The minimum Gasteiger partial charge on any atom is -0.492 e. The molecule has 0 fully saturated rings. The maximum Gasteiger partial charge on any atom is 0.245 e. The lowest BCUT2D eigenvalue weighted by Crippen LogP contribution is -2.28. The van der Waals surface area contributed by atoms with Gasteiger partial charge in [-0.2, -0.15) is 4.40 Å². The van der Waals surface area contributed by atoms with Gasteiger partial charge in [-0.1, -0.05) is 19.9 Å². The Morgan fingerprint density at radius 1 is 1.53 bits per heavy atom. The van der Waals surface area contributed by atoms with Crippen LogP contribution in [0.4, 0.5) is 5.69 Å². The number of nitrogens with zero attached hydrogens (tertiary/aromatic N) is 1. The number of nitrogens with two attached hydrogens (primary N) is 1. The fraction of sp³-hybridized carbons (Fsp3) is 0.417. The molecule has 1 aliphatic rings. The zero-order valence-corrected chi connectivity index (χ0v) is 11.7. The third-order valence-corrected chi connectivity index (χ3v) is 3.46. The van der Waals surface area contributed by atoms with Crippen molar-refractivity contribution in [2.45, 2.75) is 13.8 Å². The summed E-state index contributed by atoms with van der Waals surface area (Å²) in [5.41, 5.74) is 6.69. The Hall–Kier alpha value is -1.60. The van der Waals surface area contributed by atoms with Crippen LogP contribution < -0.4 is 15.2 Å². The maximum absolute atomic E-state index is 11.4. The van der Waals surface area contributed by atoms with Crippen molar-refractivity contribution in [1.29, 1.82) is 0 Å². The molecule has 1 unspecified atom stereocenters. The third kappa shape index (κ3) is 3.05. The predicted molar refractivity (Wildman–Crippen MR) is 75.3 cm³/mol. The van der Waals surface area contributed by atoms with Crippen LogP contribution in [-0.2, 0) is 11.2 Å². The fourth-order valence-corrected chi connectivity index (χ4v) is 2.25. The molecule has 0 spiro atoms. The highest BCUT2D eigenvalue weighted by Crippen LogP contribution is 2.30. The van der Waals surface area contributed by atoms with E-state index in [1.54, 1.807) is 18.2 Å². The quantitative estimate of drug-likeness (QED) is 0.761. The number of nitrogens with one attached hydrogen (secondary N) is 1. The van der Waals surface area contributed by atoms with Crippen molar-refractivity contribution >= 4 is 22.7 Å². The number of amidine groups is 1. The van der Waals surface area contributed by atoms with Gasteiger partial charge in [0.25, 0.3) is 0 Å². The standard InChI is InChI=1S/C12H17N3O3S/c1-12(2,6-16)7-18-9-5-3-4-8-10(9)11(13)15-19(17)14-8/h3-5,14,16H,6-7H2,1-2H3,(H2,13,15). The summed E-state index contributed by atoms with van der Waals surface area (Å²) in [6, 6.07) is 5.31.